The summed E-state index contributed by atoms with van der Waals surface area (Å²) in [4.78, 5) is 42.0. The first-order valence-corrected chi connectivity index (χ1v) is 8.91. The average Bonchev–Trinajstić information content (AvgIpc) is 3.27. The third-order valence-corrected chi connectivity index (χ3v) is 5.18. The number of thiophene rings is 1. The molecule has 1 aliphatic heterocycles. The molecule has 3 rings (SSSR count). The zero-order valence-corrected chi connectivity index (χ0v) is 15.2. The number of likely N-dealkylation sites (tertiary alicyclic amines) is 1. The lowest BCUT2D eigenvalue weighted by Crippen LogP contribution is -2.36. The average molecular weight is 360 g/mol. The van der Waals surface area contributed by atoms with Crippen LogP contribution in [0.25, 0.3) is 0 Å². The van der Waals surface area contributed by atoms with Gasteiger partial charge in [0.1, 0.15) is 23.5 Å². The number of amides is 1. The maximum absolute atomic E-state index is 12.9. The van der Waals surface area contributed by atoms with E-state index in [0.29, 0.717) is 29.5 Å². The lowest BCUT2D eigenvalue weighted by molar-refractivity contribution is -0.140. The van der Waals surface area contributed by atoms with Crippen molar-refractivity contribution < 1.29 is 18.8 Å². The van der Waals surface area contributed by atoms with Gasteiger partial charge in [0, 0.05) is 13.1 Å². The molecule has 2 unspecified atom stereocenters. The van der Waals surface area contributed by atoms with Gasteiger partial charge < -0.3 is 14.2 Å². The van der Waals surface area contributed by atoms with Gasteiger partial charge in [-0.15, -0.1) is 11.3 Å². The second-order valence-corrected chi connectivity index (χ2v) is 7.33. The Labute approximate surface area is 150 Å². The van der Waals surface area contributed by atoms with E-state index in [4.69, 9.17) is 4.42 Å². The van der Waals surface area contributed by atoms with Crippen molar-refractivity contribution in [3.63, 3.8) is 0 Å². The minimum atomic E-state index is -1.06. The van der Waals surface area contributed by atoms with Crippen LogP contribution in [0.3, 0.4) is 0 Å². The van der Waals surface area contributed by atoms with Crippen LogP contribution in [0.15, 0.2) is 34.1 Å². The highest BCUT2D eigenvalue weighted by Gasteiger charge is 2.52. The van der Waals surface area contributed by atoms with Gasteiger partial charge in [-0.05, 0) is 44.6 Å². The Bertz CT molecular complexity index is 794. The SMILES string of the molecule is Cc1ccc(C2C(C(=O)c3cccs3)C(=O)C(=O)N2CCN(C)C)o1. The Morgan fingerprint density at radius 1 is 1.28 bits per heavy atom. The first-order chi connectivity index (χ1) is 11.9. The van der Waals surface area contributed by atoms with Crippen molar-refractivity contribution in [1.29, 1.82) is 0 Å². The van der Waals surface area contributed by atoms with Gasteiger partial charge in [0.2, 0.25) is 5.78 Å². The van der Waals surface area contributed by atoms with Gasteiger partial charge in [0.25, 0.3) is 5.91 Å². The molecule has 0 bridgehead atoms. The molecule has 6 nitrogen and oxygen atoms in total. The van der Waals surface area contributed by atoms with Crippen molar-refractivity contribution in [2.45, 2.75) is 13.0 Å². The number of carbonyl (C=O) groups excluding carboxylic acids is 3. The number of nitrogens with zero attached hydrogens (tertiary/aromatic N) is 2. The molecule has 1 amide bonds. The summed E-state index contributed by atoms with van der Waals surface area (Å²) >= 11 is 1.27. The summed E-state index contributed by atoms with van der Waals surface area (Å²) in [6.45, 7) is 2.74. The van der Waals surface area contributed by atoms with Crippen molar-refractivity contribution in [2.24, 2.45) is 5.92 Å². The van der Waals surface area contributed by atoms with Crippen LogP contribution in [0.2, 0.25) is 0 Å². The number of likely N-dealkylation sites (N-methyl/N-ethyl adjacent to an activating group) is 1. The Kier molecular flexibility index (Phi) is 4.87. The van der Waals surface area contributed by atoms with Crippen molar-refractivity contribution in [2.75, 3.05) is 27.2 Å². The zero-order valence-electron chi connectivity index (χ0n) is 14.4. The molecule has 2 aromatic heterocycles. The summed E-state index contributed by atoms with van der Waals surface area (Å²) in [6, 6.07) is 6.26. The van der Waals surface area contributed by atoms with E-state index in [1.165, 1.54) is 16.2 Å². The van der Waals surface area contributed by atoms with Gasteiger partial charge >= 0.3 is 0 Å². The Morgan fingerprint density at radius 3 is 2.60 bits per heavy atom. The molecule has 0 saturated carbocycles. The molecule has 3 heterocycles. The van der Waals surface area contributed by atoms with Crippen LogP contribution in [-0.2, 0) is 9.59 Å². The van der Waals surface area contributed by atoms with Crippen LogP contribution >= 0.6 is 11.3 Å². The Hall–Kier alpha value is -2.25. The monoisotopic (exact) mass is 360 g/mol. The van der Waals surface area contributed by atoms with Gasteiger partial charge in [-0.1, -0.05) is 6.07 Å². The predicted octanol–water partition coefficient (Wildman–Crippen LogP) is 2.16. The lowest BCUT2D eigenvalue weighted by Gasteiger charge is -2.26. The van der Waals surface area contributed by atoms with E-state index in [1.54, 1.807) is 36.6 Å². The second-order valence-electron chi connectivity index (χ2n) is 6.38. The van der Waals surface area contributed by atoms with Crippen molar-refractivity contribution in [3.05, 3.63) is 46.0 Å². The van der Waals surface area contributed by atoms with Gasteiger partial charge in [0.05, 0.1) is 4.88 Å². The summed E-state index contributed by atoms with van der Waals surface area (Å²) in [5.74, 6) is -1.49. The fourth-order valence-electron chi connectivity index (χ4n) is 3.04. The quantitative estimate of drug-likeness (QED) is 0.448. The molecule has 132 valence electrons. The first kappa shape index (κ1) is 17.6. The summed E-state index contributed by atoms with van der Waals surface area (Å²) in [5, 5.41) is 1.78. The number of aryl methyl sites for hydroxylation is 1. The molecule has 2 aromatic rings. The molecule has 25 heavy (non-hydrogen) atoms. The molecule has 0 aliphatic carbocycles. The van der Waals surface area contributed by atoms with Crippen molar-refractivity contribution in [3.8, 4) is 0 Å². The molecule has 1 saturated heterocycles. The molecule has 1 aliphatic rings. The number of hydrogen-bond acceptors (Lipinski definition) is 6. The van der Waals surface area contributed by atoms with Gasteiger partial charge in [-0.2, -0.15) is 0 Å². The van der Waals surface area contributed by atoms with Crippen LogP contribution in [0, 0.1) is 12.8 Å². The fraction of sp³-hybridized carbons (Fsp3) is 0.389. The van der Waals surface area contributed by atoms with Crippen LogP contribution < -0.4 is 0 Å². The summed E-state index contributed by atoms with van der Waals surface area (Å²) in [7, 11) is 3.78. The maximum Gasteiger partial charge on any atom is 0.291 e. The molecule has 0 N–H and O–H groups in total. The van der Waals surface area contributed by atoms with Gasteiger partial charge in [-0.25, -0.2) is 0 Å². The molecule has 0 aromatic carbocycles. The molecule has 2 atom stereocenters. The molecule has 1 fully saturated rings. The zero-order chi connectivity index (χ0) is 18.1. The van der Waals surface area contributed by atoms with Crippen LogP contribution in [0.4, 0.5) is 0 Å². The third-order valence-electron chi connectivity index (χ3n) is 4.29. The topological polar surface area (TPSA) is 70.8 Å². The van der Waals surface area contributed by atoms with E-state index in [1.807, 2.05) is 19.0 Å². The second kappa shape index (κ2) is 6.93. The van der Waals surface area contributed by atoms with E-state index < -0.39 is 23.7 Å². The molecular weight excluding hydrogens is 340 g/mol. The highest BCUT2D eigenvalue weighted by molar-refractivity contribution is 7.12. The largest absolute Gasteiger partial charge is 0.464 e. The van der Waals surface area contributed by atoms with Crippen LogP contribution in [0.5, 0.6) is 0 Å². The smallest absolute Gasteiger partial charge is 0.291 e. The Balaban J connectivity index is 2.00. The predicted molar refractivity (Wildman–Crippen MR) is 93.6 cm³/mol. The minimum absolute atomic E-state index is 0.320. The summed E-state index contributed by atoms with van der Waals surface area (Å²) < 4.78 is 5.69. The number of rotatable bonds is 6. The van der Waals surface area contributed by atoms with Gasteiger partial charge in [-0.3, -0.25) is 14.4 Å². The maximum atomic E-state index is 12.9. The van der Waals surface area contributed by atoms with E-state index in [-0.39, 0.29) is 5.78 Å². The molecular formula is C18H20N2O4S. The lowest BCUT2D eigenvalue weighted by atomic mass is 9.91. The first-order valence-electron chi connectivity index (χ1n) is 8.03. The highest BCUT2D eigenvalue weighted by Crippen LogP contribution is 2.39. The molecule has 0 radical (unpaired) electrons. The van der Waals surface area contributed by atoms with E-state index in [2.05, 4.69) is 0 Å². The number of ketones is 2. The standard InChI is InChI=1S/C18H20N2O4S/c1-11-6-7-12(24-11)15-14(16(21)13-5-4-10-25-13)17(22)18(23)20(15)9-8-19(2)3/h4-7,10,14-15H,8-9H2,1-3H3. The third kappa shape index (κ3) is 3.29. The van der Waals surface area contributed by atoms with E-state index in [9.17, 15) is 14.4 Å². The number of carbonyl (C=O) groups is 3. The normalized spacial score (nSPS) is 20.7. The number of Topliss-reactive ketones (excluding diaryl/α,β-unsaturated/α-hetero) is 2. The molecule has 7 heteroatoms. The number of hydrogen-bond donors (Lipinski definition) is 0. The van der Waals surface area contributed by atoms with Crippen LogP contribution in [0.1, 0.15) is 27.2 Å². The molecule has 0 spiro atoms. The fourth-order valence-corrected chi connectivity index (χ4v) is 3.74. The van der Waals surface area contributed by atoms with E-state index >= 15 is 0 Å². The van der Waals surface area contributed by atoms with Crippen molar-refractivity contribution >= 4 is 28.8 Å². The van der Waals surface area contributed by atoms with Gasteiger partial charge in [0.15, 0.2) is 5.78 Å². The Morgan fingerprint density at radius 2 is 2.04 bits per heavy atom. The van der Waals surface area contributed by atoms with E-state index in [0.717, 1.165) is 0 Å². The van der Waals surface area contributed by atoms with Crippen molar-refractivity contribution in [1.82, 2.24) is 9.80 Å². The summed E-state index contributed by atoms with van der Waals surface area (Å²) in [5.41, 5.74) is 0. The number of furan rings is 1. The summed E-state index contributed by atoms with van der Waals surface area (Å²) in [6.07, 6.45) is 0. The highest BCUT2D eigenvalue weighted by atomic mass is 32.1. The van der Waals surface area contributed by atoms with Crippen LogP contribution in [-0.4, -0.2) is 54.5 Å². The minimum Gasteiger partial charge on any atom is -0.464 e.